The van der Waals surface area contributed by atoms with Crippen molar-refractivity contribution >= 4 is 33.7 Å². The van der Waals surface area contributed by atoms with E-state index >= 15 is 0 Å². The molecule has 2 aromatic rings. The first kappa shape index (κ1) is 20.8. The van der Waals surface area contributed by atoms with Crippen LogP contribution >= 0.6 is 27.7 Å². The number of hydrogen-bond acceptors (Lipinski definition) is 8. The first-order chi connectivity index (χ1) is 12.9. The summed E-state index contributed by atoms with van der Waals surface area (Å²) in [6.07, 6.45) is 0.909. The molecule has 1 aromatic carbocycles. The molecule has 0 saturated heterocycles. The van der Waals surface area contributed by atoms with E-state index in [1.807, 2.05) is 6.07 Å². The van der Waals surface area contributed by atoms with Crippen molar-refractivity contribution < 1.29 is 19.0 Å². The van der Waals surface area contributed by atoms with Gasteiger partial charge in [-0.1, -0.05) is 11.8 Å². The van der Waals surface area contributed by atoms with Crippen LogP contribution in [-0.4, -0.2) is 42.5 Å². The number of H-pyrrole nitrogens is 1. The third kappa shape index (κ3) is 4.43. The maximum absolute atomic E-state index is 12.2. The number of aromatic amines is 1. The number of benzene rings is 1. The number of methoxy groups -OCH3 is 2. The third-order valence-electron chi connectivity index (χ3n) is 3.55. The molecular formula is C17H16BrN3O5S. The number of nitriles is 1. The average molecular weight is 454 g/mol. The molecule has 1 unspecified atom stereocenters. The van der Waals surface area contributed by atoms with E-state index in [9.17, 15) is 14.9 Å². The summed E-state index contributed by atoms with van der Waals surface area (Å²) in [7, 11) is 2.70. The van der Waals surface area contributed by atoms with Crippen molar-refractivity contribution in [3.05, 3.63) is 32.5 Å². The Balaban J connectivity index is 2.61. The highest BCUT2D eigenvalue weighted by Crippen LogP contribution is 2.39. The molecule has 2 rings (SSSR count). The standard InChI is InChI=1S/C17H16BrN3O5S/c1-8(16(23)25-3)26-13-6-11(18)9(5-12(13)24-2)14-10(7-19)15(22)21-17(20-14)27-4/h5-6,8H,1-4H3,(H,20,21,22). The Morgan fingerprint density at radius 3 is 2.63 bits per heavy atom. The topological polar surface area (TPSA) is 114 Å². The summed E-state index contributed by atoms with van der Waals surface area (Å²) >= 11 is 4.65. The van der Waals surface area contributed by atoms with Crippen molar-refractivity contribution in [3.8, 4) is 28.8 Å². The number of nitrogens with one attached hydrogen (secondary N) is 1. The lowest BCUT2D eigenvalue weighted by Gasteiger charge is -2.17. The minimum absolute atomic E-state index is 0.118. The molecule has 27 heavy (non-hydrogen) atoms. The van der Waals surface area contributed by atoms with Gasteiger partial charge in [-0.05, 0) is 41.2 Å². The molecule has 0 aliphatic rings. The summed E-state index contributed by atoms with van der Waals surface area (Å²) in [5.74, 6) is 0.0602. The Morgan fingerprint density at radius 2 is 2.07 bits per heavy atom. The van der Waals surface area contributed by atoms with Crippen LogP contribution in [0.2, 0.25) is 0 Å². The lowest BCUT2D eigenvalue weighted by Crippen LogP contribution is -2.25. The van der Waals surface area contributed by atoms with E-state index in [0.717, 1.165) is 0 Å². The highest BCUT2D eigenvalue weighted by Gasteiger charge is 2.22. The fourth-order valence-electron chi connectivity index (χ4n) is 2.22. The highest BCUT2D eigenvalue weighted by molar-refractivity contribution is 9.10. The van der Waals surface area contributed by atoms with E-state index in [4.69, 9.17) is 9.47 Å². The van der Waals surface area contributed by atoms with E-state index in [2.05, 4.69) is 30.6 Å². The summed E-state index contributed by atoms with van der Waals surface area (Å²) in [4.78, 5) is 30.6. The molecular weight excluding hydrogens is 438 g/mol. The third-order valence-corrected chi connectivity index (χ3v) is 4.78. The van der Waals surface area contributed by atoms with Gasteiger partial charge in [0.15, 0.2) is 22.8 Å². The van der Waals surface area contributed by atoms with Crippen LogP contribution in [0.15, 0.2) is 26.6 Å². The van der Waals surface area contributed by atoms with Gasteiger partial charge < -0.3 is 19.2 Å². The van der Waals surface area contributed by atoms with Gasteiger partial charge in [-0.25, -0.2) is 9.78 Å². The van der Waals surface area contributed by atoms with Crippen LogP contribution in [-0.2, 0) is 9.53 Å². The van der Waals surface area contributed by atoms with Crippen LogP contribution in [0.3, 0.4) is 0 Å². The molecule has 1 heterocycles. The number of halogens is 1. The number of rotatable bonds is 6. The highest BCUT2D eigenvalue weighted by atomic mass is 79.9. The summed E-state index contributed by atoms with van der Waals surface area (Å²) in [6, 6.07) is 5.04. The Labute approximate surface area is 168 Å². The molecule has 0 aliphatic heterocycles. The zero-order valence-electron chi connectivity index (χ0n) is 15.0. The molecule has 1 atom stereocenters. The van der Waals surface area contributed by atoms with Crippen molar-refractivity contribution in [2.45, 2.75) is 18.2 Å². The van der Waals surface area contributed by atoms with Crippen molar-refractivity contribution in [2.24, 2.45) is 0 Å². The summed E-state index contributed by atoms with van der Waals surface area (Å²) in [6.45, 7) is 1.55. The van der Waals surface area contributed by atoms with Crippen molar-refractivity contribution in [1.82, 2.24) is 9.97 Å². The maximum atomic E-state index is 12.2. The predicted molar refractivity (Wildman–Crippen MR) is 103 cm³/mol. The van der Waals surface area contributed by atoms with Crippen LogP contribution in [0, 0.1) is 11.3 Å². The molecule has 0 fully saturated rings. The molecule has 1 N–H and O–H groups in total. The minimum atomic E-state index is -0.850. The number of thioether (sulfide) groups is 1. The van der Waals surface area contributed by atoms with Gasteiger partial charge in [0.1, 0.15) is 11.6 Å². The average Bonchev–Trinajstić information content (AvgIpc) is 2.66. The Morgan fingerprint density at radius 1 is 1.37 bits per heavy atom. The molecule has 0 amide bonds. The SMILES string of the molecule is COC(=O)C(C)Oc1cc(Br)c(-c2nc(SC)[nH]c(=O)c2C#N)cc1OC. The minimum Gasteiger partial charge on any atom is -0.493 e. The van der Waals surface area contributed by atoms with Crippen LogP contribution in [0.1, 0.15) is 12.5 Å². The first-order valence-electron chi connectivity index (χ1n) is 7.57. The number of ether oxygens (including phenoxy) is 3. The van der Waals surface area contributed by atoms with Gasteiger partial charge in [0.2, 0.25) is 0 Å². The van der Waals surface area contributed by atoms with E-state index in [1.165, 1.54) is 26.0 Å². The second kappa shape index (κ2) is 8.92. The molecule has 0 spiro atoms. The normalized spacial score (nSPS) is 11.4. The molecule has 142 valence electrons. The van der Waals surface area contributed by atoms with Gasteiger partial charge >= 0.3 is 5.97 Å². The van der Waals surface area contributed by atoms with Crippen LogP contribution in [0.5, 0.6) is 11.5 Å². The van der Waals surface area contributed by atoms with Gasteiger partial charge in [-0.2, -0.15) is 5.26 Å². The Kier molecular flexibility index (Phi) is 6.87. The monoisotopic (exact) mass is 453 g/mol. The van der Waals surface area contributed by atoms with Gasteiger partial charge in [0, 0.05) is 10.0 Å². The van der Waals surface area contributed by atoms with Gasteiger partial charge in [0.05, 0.1) is 19.9 Å². The van der Waals surface area contributed by atoms with Crippen molar-refractivity contribution in [1.29, 1.82) is 5.26 Å². The van der Waals surface area contributed by atoms with Gasteiger partial charge in [0.25, 0.3) is 5.56 Å². The Hall–Kier alpha value is -2.51. The number of hydrogen-bond donors (Lipinski definition) is 1. The zero-order valence-corrected chi connectivity index (χ0v) is 17.4. The predicted octanol–water partition coefficient (Wildman–Crippen LogP) is 2.74. The number of esters is 1. The second-order valence-electron chi connectivity index (χ2n) is 5.18. The number of carbonyl (C=O) groups is 1. The smallest absolute Gasteiger partial charge is 0.346 e. The quantitative estimate of drug-likeness (QED) is 0.403. The zero-order chi connectivity index (χ0) is 20.1. The fraction of sp³-hybridized carbons (Fsp3) is 0.294. The van der Waals surface area contributed by atoms with Gasteiger partial charge in [-0.3, -0.25) is 4.79 Å². The maximum Gasteiger partial charge on any atom is 0.346 e. The molecule has 0 saturated carbocycles. The molecule has 0 radical (unpaired) electrons. The molecule has 10 heteroatoms. The van der Waals surface area contributed by atoms with E-state index in [1.54, 1.807) is 25.3 Å². The summed E-state index contributed by atoms with van der Waals surface area (Å²) in [5.41, 5.74) is 0.0377. The number of aromatic nitrogens is 2. The van der Waals surface area contributed by atoms with Crippen molar-refractivity contribution in [2.75, 3.05) is 20.5 Å². The number of nitrogens with zero attached hydrogens (tertiary/aromatic N) is 2. The molecule has 0 aliphatic carbocycles. The lowest BCUT2D eigenvalue weighted by atomic mass is 10.1. The second-order valence-corrected chi connectivity index (χ2v) is 6.83. The molecule has 8 nitrogen and oxygen atoms in total. The number of carbonyl (C=O) groups excluding carboxylic acids is 1. The largest absolute Gasteiger partial charge is 0.493 e. The van der Waals surface area contributed by atoms with Crippen LogP contribution in [0.4, 0.5) is 0 Å². The van der Waals surface area contributed by atoms with Crippen LogP contribution in [0.25, 0.3) is 11.3 Å². The van der Waals surface area contributed by atoms with E-state index < -0.39 is 17.6 Å². The summed E-state index contributed by atoms with van der Waals surface area (Å²) < 4.78 is 16.1. The summed E-state index contributed by atoms with van der Waals surface area (Å²) in [5, 5.41) is 9.74. The van der Waals surface area contributed by atoms with Crippen molar-refractivity contribution in [3.63, 3.8) is 0 Å². The van der Waals surface area contributed by atoms with E-state index in [0.29, 0.717) is 26.7 Å². The van der Waals surface area contributed by atoms with E-state index in [-0.39, 0.29) is 11.3 Å². The Bertz CT molecular complexity index is 970. The lowest BCUT2D eigenvalue weighted by molar-refractivity contribution is -0.147. The van der Waals surface area contributed by atoms with Crippen LogP contribution < -0.4 is 15.0 Å². The molecule has 1 aromatic heterocycles. The molecule has 0 bridgehead atoms. The fourth-order valence-corrected chi connectivity index (χ4v) is 3.11. The first-order valence-corrected chi connectivity index (χ1v) is 9.58. The van der Waals surface area contributed by atoms with Gasteiger partial charge in [-0.15, -0.1) is 0 Å².